The van der Waals surface area contributed by atoms with E-state index in [-0.39, 0.29) is 5.91 Å². The van der Waals surface area contributed by atoms with Crippen LogP contribution in [0.1, 0.15) is 10.4 Å². The van der Waals surface area contributed by atoms with Gasteiger partial charge in [-0.15, -0.1) is 0 Å². The van der Waals surface area contributed by atoms with Gasteiger partial charge in [0.25, 0.3) is 5.91 Å². The molecule has 126 valence electrons. The van der Waals surface area contributed by atoms with E-state index in [2.05, 4.69) is 17.0 Å². The van der Waals surface area contributed by atoms with Crippen LogP contribution in [0.3, 0.4) is 0 Å². The average molecular weight is 326 g/mol. The first-order valence-corrected chi connectivity index (χ1v) is 8.03. The minimum absolute atomic E-state index is 0.0138. The molecule has 0 aromatic heterocycles. The molecular formula is C19H22N2O3. The summed E-state index contributed by atoms with van der Waals surface area (Å²) in [5, 5.41) is 0. The van der Waals surface area contributed by atoms with E-state index in [0.717, 1.165) is 13.1 Å². The lowest BCUT2D eigenvalue weighted by Crippen LogP contribution is -2.48. The minimum atomic E-state index is 0.0138. The molecule has 1 saturated heterocycles. The van der Waals surface area contributed by atoms with Gasteiger partial charge in [-0.1, -0.05) is 18.2 Å². The number of ether oxygens (including phenoxy) is 2. The van der Waals surface area contributed by atoms with Gasteiger partial charge in [0.2, 0.25) is 0 Å². The first-order valence-electron chi connectivity index (χ1n) is 8.03. The highest BCUT2D eigenvalue weighted by Gasteiger charge is 2.23. The fraction of sp³-hybridized carbons (Fsp3) is 0.316. The summed E-state index contributed by atoms with van der Waals surface area (Å²) in [6.07, 6.45) is 0. The fourth-order valence-corrected chi connectivity index (χ4v) is 2.92. The predicted octanol–water partition coefficient (Wildman–Crippen LogP) is 2.67. The number of piperazine rings is 1. The summed E-state index contributed by atoms with van der Waals surface area (Å²) in [4.78, 5) is 17.0. The molecule has 0 N–H and O–H groups in total. The Kier molecular flexibility index (Phi) is 4.89. The summed E-state index contributed by atoms with van der Waals surface area (Å²) < 4.78 is 10.5. The first kappa shape index (κ1) is 16.2. The molecule has 0 aliphatic carbocycles. The number of nitrogens with zero attached hydrogens (tertiary/aromatic N) is 2. The maximum absolute atomic E-state index is 12.8. The summed E-state index contributed by atoms with van der Waals surface area (Å²) >= 11 is 0. The zero-order chi connectivity index (χ0) is 16.9. The Morgan fingerprint density at radius 1 is 0.875 bits per heavy atom. The van der Waals surface area contributed by atoms with Crippen molar-refractivity contribution in [2.75, 3.05) is 45.3 Å². The zero-order valence-electron chi connectivity index (χ0n) is 14.1. The van der Waals surface area contributed by atoms with Gasteiger partial charge in [-0.2, -0.15) is 0 Å². The monoisotopic (exact) mass is 326 g/mol. The molecule has 3 rings (SSSR count). The van der Waals surface area contributed by atoms with Crippen molar-refractivity contribution in [3.63, 3.8) is 0 Å². The highest BCUT2D eigenvalue weighted by atomic mass is 16.5. The van der Waals surface area contributed by atoms with Crippen LogP contribution in [-0.4, -0.2) is 51.2 Å². The highest BCUT2D eigenvalue weighted by molar-refractivity contribution is 5.95. The molecule has 1 fully saturated rings. The topological polar surface area (TPSA) is 42.0 Å². The van der Waals surface area contributed by atoms with E-state index in [4.69, 9.17) is 9.47 Å². The van der Waals surface area contributed by atoms with Crippen molar-refractivity contribution in [1.29, 1.82) is 0 Å². The Morgan fingerprint density at radius 2 is 1.46 bits per heavy atom. The van der Waals surface area contributed by atoms with Gasteiger partial charge in [0.1, 0.15) is 11.5 Å². The SMILES string of the molecule is COc1cc(OC)cc(C(=O)N2CCN(c3ccccc3)CC2)c1. The molecule has 1 amide bonds. The highest BCUT2D eigenvalue weighted by Crippen LogP contribution is 2.24. The smallest absolute Gasteiger partial charge is 0.254 e. The molecule has 0 unspecified atom stereocenters. The second kappa shape index (κ2) is 7.25. The molecule has 0 spiro atoms. The number of carbonyl (C=O) groups excluding carboxylic acids is 1. The van der Waals surface area contributed by atoms with Crippen molar-refractivity contribution in [3.05, 3.63) is 54.1 Å². The van der Waals surface area contributed by atoms with Crippen molar-refractivity contribution in [3.8, 4) is 11.5 Å². The van der Waals surface area contributed by atoms with E-state index in [9.17, 15) is 4.79 Å². The van der Waals surface area contributed by atoms with Crippen LogP contribution in [0.25, 0.3) is 0 Å². The molecule has 5 nitrogen and oxygen atoms in total. The van der Waals surface area contributed by atoms with Crippen molar-refractivity contribution in [2.24, 2.45) is 0 Å². The van der Waals surface area contributed by atoms with Crippen molar-refractivity contribution < 1.29 is 14.3 Å². The van der Waals surface area contributed by atoms with Gasteiger partial charge in [0.05, 0.1) is 14.2 Å². The Bertz CT molecular complexity index is 673. The fourth-order valence-electron chi connectivity index (χ4n) is 2.92. The lowest BCUT2D eigenvalue weighted by atomic mass is 10.1. The zero-order valence-corrected chi connectivity index (χ0v) is 14.1. The van der Waals surface area contributed by atoms with Gasteiger partial charge in [0.15, 0.2) is 0 Å². The molecule has 0 saturated carbocycles. The van der Waals surface area contributed by atoms with Crippen LogP contribution in [0.5, 0.6) is 11.5 Å². The summed E-state index contributed by atoms with van der Waals surface area (Å²) in [6, 6.07) is 15.6. The summed E-state index contributed by atoms with van der Waals surface area (Å²) in [5.74, 6) is 1.26. The molecule has 0 radical (unpaired) electrons. The number of hydrogen-bond donors (Lipinski definition) is 0. The first-order chi connectivity index (χ1) is 11.7. The number of carbonyl (C=O) groups is 1. The van der Waals surface area contributed by atoms with Gasteiger partial charge in [-0.05, 0) is 24.3 Å². The van der Waals surface area contributed by atoms with E-state index in [1.807, 2.05) is 23.1 Å². The van der Waals surface area contributed by atoms with Crippen LogP contribution in [0.2, 0.25) is 0 Å². The molecule has 1 aliphatic rings. The predicted molar refractivity (Wildman–Crippen MR) is 94.1 cm³/mol. The normalized spacial score (nSPS) is 14.4. The lowest BCUT2D eigenvalue weighted by molar-refractivity contribution is 0.0746. The third-order valence-electron chi connectivity index (χ3n) is 4.29. The Labute approximate surface area is 142 Å². The number of benzene rings is 2. The van der Waals surface area contributed by atoms with E-state index < -0.39 is 0 Å². The maximum Gasteiger partial charge on any atom is 0.254 e. The maximum atomic E-state index is 12.8. The van der Waals surface area contributed by atoms with Crippen molar-refractivity contribution in [2.45, 2.75) is 0 Å². The third-order valence-corrected chi connectivity index (χ3v) is 4.29. The lowest BCUT2D eigenvalue weighted by Gasteiger charge is -2.36. The molecule has 1 heterocycles. The standard InChI is InChI=1S/C19H22N2O3/c1-23-17-12-15(13-18(14-17)24-2)19(22)21-10-8-20(9-11-21)16-6-4-3-5-7-16/h3-7,12-14H,8-11H2,1-2H3. The van der Waals surface area contributed by atoms with Gasteiger partial charge >= 0.3 is 0 Å². The molecule has 2 aromatic carbocycles. The largest absolute Gasteiger partial charge is 0.497 e. The van der Waals surface area contributed by atoms with Crippen LogP contribution in [-0.2, 0) is 0 Å². The molecule has 0 bridgehead atoms. The van der Waals surface area contributed by atoms with Crippen LogP contribution in [0.15, 0.2) is 48.5 Å². The molecule has 2 aromatic rings. The van der Waals surface area contributed by atoms with Gasteiger partial charge < -0.3 is 19.3 Å². The summed E-state index contributed by atoms with van der Waals surface area (Å²) in [6.45, 7) is 3.06. The number of rotatable bonds is 4. The molecule has 24 heavy (non-hydrogen) atoms. The molecular weight excluding hydrogens is 304 g/mol. The van der Waals surface area contributed by atoms with E-state index >= 15 is 0 Å². The number of hydrogen-bond acceptors (Lipinski definition) is 4. The van der Waals surface area contributed by atoms with Crippen LogP contribution in [0, 0.1) is 0 Å². The number of amides is 1. The van der Waals surface area contributed by atoms with E-state index in [1.165, 1.54) is 5.69 Å². The second-order valence-electron chi connectivity index (χ2n) is 5.72. The number of anilines is 1. The third kappa shape index (κ3) is 3.45. The average Bonchev–Trinajstić information content (AvgIpc) is 2.67. The second-order valence-corrected chi connectivity index (χ2v) is 5.72. The van der Waals surface area contributed by atoms with Crippen LogP contribution < -0.4 is 14.4 Å². The van der Waals surface area contributed by atoms with E-state index in [1.54, 1.807) is 32.4 Å². The number of para-hydroxylation sites is 1. The minimum Gasteiger partial charge on any atom is -0.497 e. The van der Waals surface area contributed by atoms with Gasteiger partial charge in [0, 0.05) is 43.5 Å². The van der Waals surface area contributed by atoms with Crippen LogP contribution >= 0.6 is 0 Å². The van der Waals surface area contributed by atoms with Crippen molar-refractivity contribution in [1.82, 2.24) is 4.90 Å². The number of methoxy groups -OCH3 is 2. The molecule has 0 atom stereocenters. The summed E-state index contributed by atoms with van der Waals surface area (Å²) in [5.41, 5.74) is 1.80. The quantitative estimate of drug-likeness (QED) is 0.866. The summed E-state index contributed by atoms with van der Waals surface area (Å²) in [7, 11) is 3.17. The molecule has 1 aliphatic heterocycles. The van der Waals surface area contributed by atoms with Crippen molar-refractivity contribution >= 4 is 11.6 Å². The molecule has 5 heteroatoms. The van der Waals surface area contributed by atoms with Gasteiger partial charge in [-0.25, -0.2) is 0 Å². The Morgan fingerprint density at radius 3 is 2.00 bits per heavy atom. The van der Waals surface area contributed by atoms with E-state index in [0.29, 0.717) is 30.2 Å². The van der Waals surface area contributed by atoms with Crippen LogP contribution in [0.4, 0.5) is 5.69 Å². The van der Waals surface area contributed by atoms with Gasteiger partial charge in [-0.3, -0.25) is 4.79 Å². The Hall–Kier alpha value is -2.69. The Balaban J connectivity index is 1.69.